The number of anilines is 1. The maximum atomic E-state index is 14.8. The number of ether oxygens (including phenoxy) is 1. The number of tetrazole rings is 1. The molecular formula is C17H18FN8O4P. The average Bonchev–Trinajstić information content (AvgIpc) is 3.31. The van der Waals surface area contributed by atoms with Crippen LogP contribution in [0.25, 0.3) is 22.6 Å². The van der Waals surface area contributed by atoms with Crippen LogP contribution in [0.2, 0.25) is 0 Å². The van der Waals surface area contributed by atoms with Crippen molar-refractivity contribution in [2.75, 3.05) is 18.1 Å². The third-order valence-electron chi connectivity index (χ3n) is 4.41. The Kier molecular flexibility index (Phi) is 5.50. The van der Waals surface area contributed by atoms with Gasteiger partial charge >= 0.3 is 13.8 Å². The molecule has 0 aliphatic carbocycles. The molecule has 1 aromatic carbocycles. The minimum absolute atomic E-state index is 0.0684. The highest BCUT2D eigenvalue weighted by atomic mass is 31.2. The second-order valence-electron chi connectivity index (χ2n) is 6.76. The summed E-state index contributed by atoms with van der Waals surface area (Å²) in [5, 5.41) is 11.7. The Morgan fingerprint density at radius 1 is 1.32 bits per heavy atom. The van der Waals surface area contributed by atoms with Crippen molar-refractivity contribution in [3.8, 4) is 22.6 Å². The second kappa shape index (κ2) is 8.12. The number of nitrogens with zero attached hydrogens (tertiary/aromatic N) is 6. The van der Waals surface area contributed by atoms with Gasteiger partial charge in [0.15, 0.2) is 0 Å². The molecule has 4 rings (SSSR count). The van der Waals surface area contributed by atoms with Gasteiger partial charge in [0.2, 0.25) is 5.82 Å². The van der Waals surface area contributed by atoms with Gasteiger partial charge < -0.3 is 9.26 Å². The van der Waals surface area contributed by atoms with Gasteiger partial charge in [0.1, 0.15) is 17.6 Å². The number of rotatable bonds is 6. The number of pyridine rings is 1. The highest BCUT2D eigenvalue weighted by molar-refractivity contribution is 7.53. The van der Waals surface area contributed by atoms with Gasteiger partial charge in [-0.15, -0.1) is 10.2 Å². The molecule has 1 amide bonds. The highest BCUT2D eigenvalue weighted by Crippen LogP contribution is 2.31. The first kappa shape index (κ1) is 21.0. The molecule has 12 nitrogen and oxygen atoms in total. The summed E-state index contributed by atoms with van der Waals surface area (Å²) in [6, 6.07) is 7.68. The van der Waals surface area contributed by atoms with Crippen molar-refractivity contribution < 1.29 is 23.0 Å². The molecule has 1 unspecified atom stereocenters. The van der Waals surface area contributed by atoms with Gasteiger partial charge in [-0.1, -0.05) is 6.07 Å². The van der Waals surface area contributed by atoms with E-state index in [9.17, 15) is 13.8 Å². The molecule has 1 aliphatic heterocycles. The van der Waals surface area contributed by atoms with E-state index in [1.165, 1.54) is 28.0 Å². The van der Waals surface area contributed by atoms with Crippen molar-refractivity contribution in [3.05, 3.63) is 42.3 Å². The van der Waals surface area contributed by atoms with Gasteiger partial charge in [-0.3, -0.25) is 14.4 Å². The lowest BCUT2D eigenvalue weighted by Crippen LogP contribution is -2.26. The van der Waals surface area contributed by atoms with Crippen LogP contribution in [0.15, 0.2) is 36.5 Å². The fourth-order valence-corrected chi connectivity index (χ4v) is 3.40. The number of aromatic nitrogens is 5. The Morgan fingerprint density at radius 2 is 2.13 bits per heavy atom. The molecule has 1 fully saturated rings. The van der Waals surface area contributed by atoms with E-state index < -0.39 is 25.7 Å². The Morgan fingerprint density at radius 3 is 2.74 bits per heavy atom. The fraction of sp³-hybridized carbons (Fsp3) is 0.235. The summed E-state index contributed by atoms with van der Waals surface area (Å²) in [6.45, 7) is -0.162. The number of aryl methyl sites for hydroxylation is 1. The van der Waals surface area contributed by atoms with Crippen molar-refractivity contribution in [2.24, 2.45) is 18.1 Å². The fourth-order valence-electron chi connectivity index (χ4n) is 3.00. The number of benzene rings is 1. The molecule has 162 valence electrons. The SMILES string of the molecule is Cn1nnc(-c2ccc(-c3ccc(N4CC(COP(N)(N)=O)OC4=O)cc3F)cn2)n1. The first-order valence-electron chi connectivity index (χ1n) is 9.00. The summed E-state index contributed by atoms with van der Waals surface area (Å²) >= 11 is 0. The molecule has 0 saturated carbocycles. The number of carbonyl (C=O) groups is 1. The molecule has 1 saturated heterocycles. The van der Waals surface area contributed by atoms with Crippen LogP contribution in [0.3, 0.4) is 0 Å². The standard InChI is InChI=1S/C17H18FN8O4P/c1-25-23-16(22-24-25)15-5-2-10(7-21-15)13-4-3-11(6-14(13)18)26-8-12(30-17(26)27)9-29-31(19,20)28/h2-7,12H,8-9H2,1H3,(H4,19,20,28). The van der Waals surface area contributed by atoms with E-state index >= 15 is 0 Å². The molecule has 1 aliphatic rings. The van der Waals surface area contributed by atoms with Crippen molar-refractivity contribution in [2.45, 2.75) is 6.10 Å². The zero-order chi connectivity index (χ0) is 22.2. The molecule has 2 aromatic heterocycles. The Labute approximate surface area is 175 Å². The lowest BCUT2D eigenvalue weighted by Gasteiger charge is -2.15. The van der Waals surface area contributed by atoms with Crippen LogP contribution in [0.5, 0.6) is 0 Å². The van der Waals surface area contributed by atoms with E-state index in [1.54, 1.807) is 25.2 Å². The van der Waals surface area contributed by atoms with Crippen LogP contribution in [0, 0.1) is 5.82 Å². The van der Waals surface area contributed by atoms with Gasteiger partial charge in [0, 0.05) is 17.3 Å². The minimum Gasteiger partial charge on any atom is -0.441 e. The van der Waals surface area contributed by atoms with E-state index in [4.69, 9.17) is 20.3 Å². The van der Waals surface area contributed by atoms with E-state index in [0.717, 1.165) is 0 Å². The van der Waals surface area contributed by atoms with Crippen molar-refractivity contribution in [1.29, 1.82) is 0 Å². The van der Waals surface area contributed by atoms with Gasteiger partial charge in [0.05, 0.1) is 25.9 Å². The predicted octanol–water partition coefficient (Wildman–Crippen LogP) is 1.45. The normalized spacial score (nSPS) is 16.6. The van der Waals surface area contributed by atoms with Gasteiger partial charge in [0.25, 0.3) is 0 Å². The van der Waals surface area contributed by atoms with Crippen LogP contribution in [0.4, 0.5) is 14.9 Å². The van der Waals surface area contributed by atoms with Crippen molar-refractivity contribution in [1.82, 2.24) is 25.2 Å². The van der Waals surface area contributed by atoms with Gasteiger partial charge in [-0.25, -0.2) is 20.2 Å². The summed E-state index contributed by atoms with van der Waals surface area (Å²) in [7, 11) is -2.05. The zero-order valence-electron chi connectivity index (χ0n) is 16.3. The van der Waals surface area contributed by atoms with Crippen LogP contribution in [0.1, 0.15) is 0 Å². The average molecular weight is 448 g/mol. The number of nitrogens with two attached hydrogens (primary N) is 2. The lowest BCUT2D eigenvalue weighted by molar-refractivity contribution is 0.106. The van der Waals surface area contributed by atoms with E-state index in [2.05, 4.69) is 20.4 Å². The molecular weight excluding hydrogens is 430 g/mol. The first-order chi connectivity index (χ1) is 14.7. The number of halogens is 1. The summed E-state index contributed by atoms with van der Waals surface area (Å²) in [4.78, 5) is 18.9. The quantitative estimate of drug-likeness (QED) is 0.527. The third-order valence-corrected chi connectivity index (χ3v) is 4.97. The molecule has 3 aromatic rings. The molecule has 0 spiro atoms. The third kappa shape index (κ3) is 4.75. The predicted molar refractivity (Wildman–Crippen MR) is 107 cm³/mol. The molecule has 31 heavy (non-hydrogen) atoms. The summed E-state index contributed by atoms with van der Waals surface area (Å²) in [5.74, 6) is -0.192. The van der Waals surface area contributed by atoms with Gasteiger partial charge in [-0.05, 0) is 29.5 Å². The van der Waals surface area contributed by atoms with Crippen molar-refractivity contribution >= 4 is 19.5 Å². The summed E-state index contributed by atoms with van der Waals surface area (Å²) in [5.41, 5.74) is 11.9. The Bertz CT molecular complexity index is 1170. The molecule has 1 atom stereocenters. The zero-order valence-corrected chi connectivity index (χ0v) is 17.1. The second-order valence-corrected chi connectivity index (χ2v) is 8.30. The molecule has 4 N–H and O–H groups in total. The topological polar surface area (TPSA) is 164 Å². The van der Waals surface area contributed by atoms with Crippen LogP contribution in [-0.4, -0.2) is 50.5 Å². The number of hydrogen-bond donors (Lipinski definition) is 2. The monoisotopic (exact) mass is 448 g/mol. The molecule has 0 bridgehead atoms. The molecule has 3 heterocycles. The number of hydrogen-bond acceptors (Lipinski definition) is 8. The van der Waals surface area contributed by atoms with Gasteiger partial charge in [-0.2, -0.15) is 4.80 Å². The summed E-state index contributed by atoms with van der Waals surface area (Å²) < 4.78 is 36.0. The lowest BCUT2D eigenvalue weighted by atomic mass is 10.1. The van der Waals surface area contributed by atoms with Crippen LogP contribution < -0.4 is 15.9 Å². The molecule has 0 radical (unpaired) electrons. The maximum Gasteiger partial charge on any atom is 0.414 e. The number of amides is 1. The minimum atomic E-state index is -3.69. The number of carbonyl (C=O) groups excluding carboxylic acids is 1. The Hall–Kier alpha value is -3.25. The molecule has 14 heteroatoms. The maximum absolute atomic E-state index is 14.8. The van der Waals surface area contributed by atoms with Crippen molar-refractivity contribution in [3.63, 3.8) is 0 Å². The van der Waals surface area contributed by atoms with E-state index in [-0.39, 0.29) is 13.2 Å². The Balaban J connectivity index is 1.49. The first-order valence-corrected chi connectivity index (χ1v) is 10.8. The largest absolute Gasteiger partial charge is 0.441 e. The summed E-state index contributed by atoms with van der Waals surface area (Å²) in [6.07, 6.45) is 0.0772. The van der Waals surface area contributed by atoms with Crippen LogP contribution in [-0.2, 0) is 20.9 Å². The smallest absolute Gasteiger partial charge is 0.414 e. The van der Waals surface area contributed by atoms with Crippen LogP contribution >= 0.6 is 7.67 Å². The number of cyclic esters (lactones) is 1. The van der Waals surface area contributed by atoms with E-state index in [1.807, 2.05) is 0 Å². The highest BCUT2D eigenvalue weighted by Gasteiger charge is 2.34. The van der Waals surface area contributed by atoms with E-state index in [0.29, 0.717) is 28.3 Å².